The summed E-state index contributed by atoms with van der Waals surface area (Å²) in [6, 6.07) is 4.27. The number of hydrogen-bond acceptors (Lipinski definition) is 4. The Morgan fingerprint density at radius 3 is 2.41 bits per heavy atom. The van der Waals surface area contributed by atoms with Gasteiger partial charge in [0.25, 0.3) is 0 Å². The van der Waals surface area contributed by atoms with Crippen molar-refractivity contribution < 1.29 is 17.9 Å². The first-order valence-corrected chi connectivity index (χ1v) is 9.13. The van der Waals surface area contributed by atoms with Crippen molar-refractivity contribution in [3.05, 3.63) is 33.8 Å². The normalized spacial score (nSPS) is 12.0. The molecule has 22 heavy (non-hydrogen) atoms. The van der Waals surface area contributed by atoms with Crippen molar-refractivity contribution in [1.29, 1.82) is 0 Å². The van der Waals surface area contributed by atoms with E-state index in [2.05, 4.69) is 0 Å². The van der Waals surface area contributed by atoms with Gasteiger partial charge in [-0.15, -0.1) is 0 Å². The number of esters is 1. The maximum absolute atomic E-state index is 12.5. The quantitative estimate of drug-likeness (QED) is 0.694. The van der Waals surface area contributed by atoms with Crippen LogP contribution < -0.4 is 0 Å². The third-order valence-electron chi connectivity index (χ3n) is 2.86. The first-order valence-electron chi connectivity index (χ1n) is 6.76. The number of ether oxygens (including phenoxy) is 1. The molecule has 0 saturated heterocycles. The topological polar surface area (TPSA) is 63.7 Å². The molecule has 0 aliphatic rings. The summed E-state index contributed by atoms with van der Waals surface area (Å²) in [5.74, 6) is -0.838. The molecular formula is C14H19Cl2NO4S. The Bertz CT molecular complexity index is 632. The molecule has 0 saturated carbocycles. The molecule has 0 N–H and O–H groups in total. The highest BCUT2D eigenvalue weighted by atomic mass is 35.5. The number of carbonyl (C=O) groups is 1. The molecule has 1 rings (SSSR count). The Kier molecular flexibility index (Phi) is 7.12. The van der Waals surface area contributed by atoms with Crippen LogP contribution in [0.15, 0.2) is 18.2 Å². The van der Waals surface area contributed by atoms with Gasteiger partial charge in [-0.25, -0.2) is 8.42 Å². The zero-order valence-corrected chi connectivity index (χ0v) is 15.0. The first kappa shape index (κ1) is 19.2. The lowest BCUT2D eigenvalue weighted by Gasteiger charge is -2.25. The van der Waals surface area contributed by atoms with E-state index < -0.39 is 16.0 Å². The van der Waals surface area contributed by atoms with Gasteiger partial charge in [0.05, 0.1) is 22.4 Å². The fourth-order valence-corrected chi connectivity index (χ4v) is 3.89. The third-order valence-corrected chi connectivity index (χ3v) is 5.56. The summed E-state index contributed by atoms with van der Waals surface area (Å²) in [6.45, 7) is 4.96. The van der Waals surface area contributed by atoms with Crippen LogP contribution in [-0.4, -0.2) is 37.9 Å². The second-order valence-electron chi connectivity index (χ2n) is 4.95. The lowest BCUT2D eigenvalue weighted by atomic mass is 10.2. The van der Waals surface area contributed by atoms with Crippen molar-refractivity contribution >= 4 is 39.2 Å². The van der Waals surface area contributed by atoms with Gasteiger partial charge in [0.15, 0.2) is 0 Å². The van der Waals surface area contributed by atoms with Crippen LogP contribution in [-0.2, 0) is 25.3 Å². The summed E-state index contributed by atoms with van der Waals surface area (Å²) in [5.41, 5.74) is 0.504. The summed E-state index contributed by atoms with van der Waals surface area (Å²) in [7, 11) is -3.69. The van der Waals surface area contributed by atoms with Crippen molar-refractivity contribution in [1.82, 2.24) is 4.31 Å². The van der Waals surface area contributed by atoms with Crippen LogP contribution in [0.25, 0.3) is 0 Å². The monoisotopic (exact) mass is 367 g/mol. The molecule has 0 bridgehead atoms. The molecule has 0 heterocycles. The van der Waals surface area contributed by atoms with E-state index >= 15 is 0 Å². The molecule has 8 heteroatoms. The zero-order chi connectivity index (χ0) is 16.9. The fraction of sp³-hybridized carbons (Fsp3) is 0.500. The highest BCUT2D eigenvalue weighted by molar-refractivity contribution is 7.88. The molecule has 0 atom stereocenters. The highest BCUT2D eigenvalue weighted by Crippen LogP contribution is 2.24. The highest BCUT2D eigenvalue weighted by Gasteiger charge is 2.28. The summed E-state index contributed by atoms with van der Waals surface area (Å²) < 4.78 is 31.0. The molecular weight excluding hydrogens is 349 g/mol. The molecule has 0 fully saturated rings. The van der Waals surface area contributed by atoms with Crippen LogP contribution in [0.5, 0.6) is 0 Å². The summed E-state index contributed by atoms with van der Waals surface area (Å²) in [4.78, 5) is 11.6. The lowest BCUT2D eigenvalue weighted by molar-refractivity contribution is -0.143. The largest absolute Gasteiger partial charge is 0.465 e. The molecule has 0 aromatic heterocycles. The standard InChI is InChI=1S/C14H19Cl2NO4S/c1-4-21-14(18)8-17(10(2)3)22(19,20)9-11-5-6-12(15)13(16)7-11/h5-7,10H,4,8-9H2,1-3H3. The van der Waals surface area contributed by atoms with Gasteiger partial charge in [-0.3, -0.25) is 4.79 Å². The first-order chi connectivity index (χ1) is 10.2. The second kappa shape index (κ2) is 8.15. The minimum absolute atomic E-state index is 0.206. The predicted octanol–water partition coefficient (Wildman–Crippen LogP) is 3.10. The number of benzene rings is 1. The summed E-state index contributed by atoms with van der Waals surface area (Å²) in [5, 5.41) is 0.644. The molecule has 1 aromatic carbocycles. The Hall–Kier alpha value is -0.820. The molecule has 0 spiro atoms. The molecule has 0 radical (unpaired) electrons. The maximum Gasteiger partial charge on any atom is 0.321 e. The SMILES string of the molecule is CCOC(=O)CN(C(C)C)S(=O)(=O)Cc1ccc(Cl)c(Cl)c1. The van der Waals surface area contributed by atoms with Gasteiger partial charge in [-0.1, -0.05) is 29.3 Å². The van der Waals surface area contributed by atoms with Gasteiger partial charge in [0.2, 0.25) is 10.0 Å². The van der Waals surface area contributed by atoms with Gasteiger partial charge in [0, 0.05) is 6.04 Å². The van der Waals surface area contributed by atoms with Crippen molar-refractivity contribution in [2.75, 3.05) is 13.2 Å². The number of halogens is 2. The average Bonchev–Trinajstić information content (AvgIpc) is 2.40. The van der Waals surface area contributed by atoms with E-state index in [4.69, 9.17) is 27.9 Å². The Labute approximate surface area is 141 Å². The van der Waals surface area contributed by atoms with Crippen molar-refractivity contribution in [3.8, 4) is 0 Å². The van der Waals surface area contributed by atoms with Crippen LogP contribution in [0.1, 0.15) is 26.3 Å². The molecule has 0 aliphatic carbocycles. The summed E-state index contributed by atoms with van der Waals surface area (Å²) >= 11 is 11.7. The fourth-order valence-electron chi connectivity index (χ4n) is 1.86. The molecule has 1 aromatic rings. The van der Waals surface area contributed by atoms with E-state index in [1.54, 1.807) is 32.9 Å². The van der Waals surface area contributed by atoms with Gasteiger partial charge in [-0.2, -0.15) is 4.31 Å². The van der Waals surface area contributed by atoms with Crippen LogP contribution in [0.3, 0.4) is 0 Å². The van der Waals surface area contributed by atoms with Crippen molar-refractivity contribution in [2.24, 2.45) is 0 Å². The second-order valence-corrected chi connectivity index (χ2v) is 7.68. The van der Waals surface area contributed by atoms with E-state index in [1.807, 2.05) is 0 Å². The maximum atomic E-state index is 12.5. The predicted molar refractivity (Wildman–Crippen MR) is 87.6 cm³/mol. The van der Waals surface area contributed by atoms with Crippen LogP contribution in [0.4, 0.5) is 0 Å². The van der Waals surface area contributed by atoms with E-state index in [9.17, 15) is 13.2 Å². The molecule has 124 valence electrons. The number of rotatable bonds is 7. The van der Waals surface area contributed by atoms with Crippen molar-refractivity contribution in [2.45, 2.75) is 32.6 Å². The van der Waals surface area contributed by atoms with Crippen LogP contribution in [0.2, 0.25) is 10.0 Å². The van der Waals surface area contributed by atoms with E-state index in [0.717, 1.165) is 4.31 Å². The molecule has 5 nitrogen and oxygen atoms in total. The molecule has 0 aliphatic heterocycles. The van der Waals surface area contributed by atoms with Crippen LogP contribution in [0, 0.1) is 0 Å². The smallest absolute Gasteiger partial charge is 0.321 e. The van der Waals surface area contributed by atoms with Gasteiger partial charge in [-0.05, 0) is 38.5 Å². The Morgan fingerprint density at radius 2 is 1.91 bits per heavy atom. The van der Waals surface area contributed by atoms with Gasteiger partial charge in [0.1, 0.15) is 6.54 Å². The molecule has 0 amide bonds. The third kappa shape index (κ3) is 5.43. The van der Waals surface area contributed by atoms with Gasteiger partial charge < -0.3 is 4.74 Å². The summed E-state index contributed by atoms with van der Waals surface area (Å²) in [6.07, 6.45) is 0. The van der Waals surface area contributed by atoms with E-state index in [0.29, 0.717) is 10.6 Å². The average molecular weight is 368 g/mol. The number of carbonyl (C=O) groups excluding carboxylic acids is 1. The Morgan fingerprint density at radius 1 is 1.27 bits per heavy atom. The lowest BCUT2D eigenvalue weighted by Crippen LogP contribution is -2.41. The number of hydrogen-bond donors (Lipinski definition) is 0. The van der Waals surface area contributed by atoms with E-state index in [-0.39, 0.29) is 30.0 Å². The molecule has 0 unspecified atom stereocenters. The zero-order valence-electron chi connectivity index (χ0n) is 12.7. The van der Waals surface area contributed by atoms with Crippen molar-refractivity contribution in [3.63, 3.8) is 0 Å². The van der Waals surface area contributed by atoms with Gasteiger partial charge >= 0.3 is 5.97 Å². The minimum Gasteiger partial charge on any atom is -0.465 e. The van der Waals surface area contributed by atoms with Crippen LogP contribution >= 0.6 is 23.2 Å². The number of nitrogens with zero attached hydrogens (tertiary/aromatic N) is 1. The minimum atomic E-state index is -3.69. The van der Waals surface area contributed by atoms with E-state index in [1.165, 1.54) is 6.07 Å². The number of sulfonamides is 1. The Balaban J connectivity index is 2.96.